The van der Waals surface area contributed by atoms with Gasteiger partial charge in [-0.1, -0.05) is 18.2 Å². The first-order chi connectivity index (χ1) is 18.4. The van der Waals surface area contributed by atoms with Gasteiger partial charge in [-0.25, -0.2) is 0 Å². The minimum Gasteiger partial charge on any atom is -0.495 e. The highest BCUT2D eigenvalue weighted by molar-refractivity contribution is 7.08. The molecule has 1 aliphatic carbocycles. The number of methoxy groups -OCH3 is 3. The topological polar surface area (TPSA) is 85.9 Å². The van der Waals surface area contributed by atoms with E-state index in [2.05, 4.69) is 10.6 Å². The molecule has 38 heavy (non-hydrogen) atoms. The van der Waals surface area contributed by atoms with E-state index >= 15 is 0 Å². The van der Waals surface area contributed by atoms with Gasteiger partial charge in [-0.15, -0.1) is 0 Å². The van der Waals surface area contributed by atoms with Crippen molar-refractivity contribution in [3.63, 3.8) is 0 Å². The number of carbonyl (C=O) groups is 2. The molecule has 0 fully saturated rings. The molecule has 3 aromatic rings. The van der Waals surface area contributed by atoms with Gasteiger partial charge in [0.2, 0.25) is 0 Å². The lowest BCUT2D eigenvalue weighted by Gasteiger charge is -2.36. The Hall–Kier alpha value is -4.04. The summed E-state index contributed by atoms with van der Waals surface area (Å²) in [6.07, 6.45) is 0.993. The van der Waals surface area contributed by atoms with E-state index in [4.69, 9.17) is 14.2 Å². The fourth-order valence-corrected chi connectivity index (χ4v) is 6.08. The van der Waals surface area contributed by atoms with Crippen LogP contribution in [-0.2, 0) is 9.59 Å². The predicted molar refractivity (Wildman–Crippen MR) is 148 cm³/mol. The quantitative estimate of drug-likeness (QED) is 0.403. The van der Waals surface area contributed by atoms with Crippen molar-refractivity contribution in [2.24, 2.45) is 0 Å². The van der Waals surface area contributed by atoms with Gasteiger partial charge in [0.25, 0.3) is 5.91 Å². The van der Waals surface area contributed by atoms with E-state index in [9.17, 15) is 9.59 Å². The van der Waals surface area contributed by atoms with Crippen molar-refractivity contribution in [1.29, 1.82) is 0 Å². The Morgan fingerprint density at radius 1 is 0.947 bits per heavy atom. The van der Waals surface area contributed by atoms with Gasteiger partial charge in [-0.3, -0.25) is 9.59 Å². The van der Waals surface area contributed by atoms with Gasteiger partial charge in [0.15, 0.2) is 17.3 Å². The number of carbonyl (C=O) groups excluding carboxylic acids is 2. The number of anilines is 1. The molecular formula is C30H30N2O5S. The third kappa shape index (κ3) is 4.67. The SMILES string of the molecule is COc1ccccc1NC(=O)C1=C(C)NC2=C(C(=O)CC(c3ccc(OC)c(OC)c3)C2)C1c1ccsc1. The van der Waals surface area contributed by atoms with Crippen LogP contribution in [0.2, 0.25) is 0 Å². The summed E-state index contributed by atoms with van der Waals surface area (Å²) in [5.74, 6) is 1.15. The molecule has 0 bridgehead atoms. The molecule has 1 amide bonds. The number of Topliss-reactive ketones (excluding diaryl/α,β-unsaturated/α-hetero) is 1. The Labute approximate surface area is 226 Å². The third-order valence-corrected chi connectivity index (χ3v) is 7.88. The molecule has 5 rings (SSSR count). The second-order valence-electron chi connectivity index (χ2n) is 9.34. The van der Waals surface area contributed by atoms with Crippen LogP contribution in [0.5, 0.6) is 17.2 Å². The van der Waals surface area contributed by atoms with E-state index in [0.29, 0.717) is 46.9 Å². The fraction of sp³-hybridized carbons (Fsp3) is 0.267. The number of benzene rings is 2. The lowest BCUT2D eigenvalue weighted by molar-refractivity contribution is -0.116. The van der Waals surface area contributed by atoms with Crippen LogP contribution < -0.4 is 24.8 Å². The fourth-order valence-electron chi connectivity index (χ4n) is 5.39. The normalized spacial score (nSPS) is 19.0. The van der Waals surface area contributed by atoms with E-state index in [1.807, 2.05) is 54.1 Å². The van der Waals surface area contributed by atoms with Crippen LogP contribution in [0.1, 0.15) is 42.7 Å². The largest absolute Gasteiger partial charge is 0.495 e. The Balaban J connectivity index is 1.51. The zero-order chi connectivity index (χ0) is 26.8. The van der Waals surface area contributed by atoms with Crippen LogP contribution >= 0.6 is 11.3 Å². The monoisotopic (exact) mass is 530 g/mol. The number of para-hydroxylation sites is 2. The van der Waals surface area contributed by atoms with E-state index < -0.39 is 5.92 Å². The number of rotatable bonds is 7. The number of allylic oxidation sites excluding steroid dienone is 3. The smallest absolute Gasteiger partial charge is 0.254 e. The minimum absolute atomic E-state index is 0.0200. The average Bonchev–Trinajstić information content (AvgIpc) is 3.46. The molecule has 1 aliphatic heterocycles. The van der Waals surface area contributed by atoms with Gasteiger partial charge in [0.05, 0.1) is 27.0 Å². The van der Waals surface area contributed by atoms with E-state index in [1.165, 1.54) is 0 Å². The van der Waals surface area contributed by atoms with Gasteiger partial charge in [0, 0.05) is 34.9 Å². The van der Waals surface area contributed by atoms with Crippen LogP contribution in [0.25, 0.3) is 0 Å². The summed E-state index contributed by atoms with van der Waals surface area (Å²) in [7, 11) is 4.78. The predicted octanol–water partition coefficient (Wildman–Crippen LogP) is 5.77. The van der Waals surface area contributed by atoms with E-state index in [0.717, 1.165) is 22.5 Å². The summed E-state index contributed by atoms with van der Waals surface area (Å²) in [5.41, 5.74) is 5.32. The molecule has 8 heteroatoms. The Kier molecular flexibility index (Phi) is 7.24. The molecule has 2 aliphatic rings. The molecule has 1 aromatic heterocycles. The molecule has 2 unspecified atom stereocenters. The molecule has 2 N–H and O–H groups in total. The van der Waals surface area contributed by atoms with Crippen molar-refractivity contribution in [1.82, 2.24) is 5.32 Å². The molecule has 7 nitrogen and oxygen atoms in total. The number of nitrogens with one attached hydrogen (secondary N) is 2. The molecule has 2 aromatic carbocycles. The molecule has 2 heterocycles. The van der Waals surface area contributed by atoms with Crippen molar-refractivity contribution in [2.75, 3.05) is 26.6 Å². The minimum atomic E-state index is -0.453. The highest BCUT2D eigenvalue weighted by Gasteiger charge is 2.41. The number of dihydropyridines is 1. The van der Waals surface area contributed by atoms with Crippen molar-refractivity contribution in [3.05, 3.63) is 93.0 Å². The number of hydrogen-bond donors (Lipinski definition) is 2. The molecule has 2 atom stereocenters. The number of ether oxygens (including phenoxy) is 3. The Morgan fingerprint density at radius 2 is 1.71 bits per heavy atom. The van der Waals surface area contributed by atoms with Gasteiger partial charge >= 0.3 is 0 Å². The summed E-state index contributed by atoms with van der Waals surface area (Å²) in [6.45, 7) is 1.89. The average molecular weight is 531 g/mol. The Bertz CT molecular complexity index is 1440. The maximum atomic E-state index is 13.8. The van der Waals surface area contributed by atoms with Crippen LogP contribution in [0, 0.1) is 0 Å². The van der Waals surface area contributed by atoms with Gasteiger partial charge in [0.1, 0.15) is 5.75 Å². The lowest BCUT2D eigenvalue weighted by Crippen LogP contribution is -2.37. The molecule has 0 spiro atoms. The first-order valence-electron chi connectivity index (χ1n) is 12.4. The zero-order valence-electron chi connectivity index (χ0n) is 21.8. The molecular weight excluding hydrogens is 500 g/mol. The van der Waals surface area contributed by atoms with Crippen LogP contribution in [-0.4, -0.2) is 33.0 Å². The van der Waals surface area contributed by atoms with Crippen LogP contribution in [0.3, 0.4) is 0 Å². The van der Waals surface area contributed by atoms with Gasteiger partial charge < -0.3 is 24.8 Å². The summed E-state index contributed by atoms with van der Waals surface area (Å²) in [6, 6.07) is 15.1. The van der Waals surface area contributed by atoms with Crippen molar-refractivity contribution in [2.45, 2.75) is 31.6 Å². The number of ketones is 1. The number of hydrogen-bond acceptors (Lipinski definition) is 7. The van der Waals surface area contributed by atoms with Crippen LogP contribution in [0.15, 0.2) is 81.8 Å². The van der Waals surface area contributed by atoms with E-state index in [1.54, 1.807) is 44.8 Å². The van der Waals surface area contributed by atoms with Crippen molar-refractivity contribution in [3.8, 4) is 17.2 Å². The van der Waals surface area contributed by atoms with E-state index in [-0.39, 0.29) is 17.6 Å². The molecule has 0 saturated carbocycles. The number of amides is 1. The zero-order valence-corrected chi connectivity index (χ0v) is 22.6. The number of thiophene rings is 1. The highest BCUT2D eigenvalue weighted by atomic mass is 32.1. The molecule has 0 radical (unpaired) electrons. The summed E-state index contributed by atoms with van der Waals surface area (Å²) < 4.78 is 16.3. The van der Waals surface area contributed by atoms with Gasteiger partial charge in [-0.2, -0.15) is 11.3 Å². The third-order valence-electron chi connectivity index (χ3n) is 7.18. The highest BCUT2D eigenvalue weighted by Crippen LogP contribution is 2.47. The van der Waals surface area contributed by atoms with Crippen molar-refractivity contribution < 1.29 is 23.8 Å². The maximum absolute atomic E-state index is 13.8. The maximum Gasteiger partial charge on any atom is 0.254 e. The second kappa shape index (κ2) is 10.8. The Morgan fingerprint density at radius 3 is 2.42 bits per heavy atom. The summed E-state index contributed by atoms with van der Waals surface area (Å²) in [4.78, 5) is 27.5. The standard InChI is InChI=1S/C30H30N2O5S/c1-17-27(30(34)32-21-7-5-6-8-24(21)35-2)28(19-11-12-38-16-19)29-22(31-17)13-20(14-23(29)33)18-9-10-25(36-3)26(15-18)37-4/h5-12,15-16,20,28,31H,13-14H2,1-4H3,(H,32,34). The van der Waals surface area contributed by atoms with Crippen molar-refractivity contribution >= 4 is 28.7 Å². The lowest BCUT2D eigenvalue weighted by atomic mass is 9.72. The summed E-state index contributed by atoms with van der Waals surface area (Å²) >= 11 is 1.55. The summed E-state index contributed by atoms with van der Waals surface area (Å²) in [5, 5.41) is 10.4. The molecule has 196 valence electrons. The van der Waals surface area contributed by atoms with Gasteiger partial charge in [-0.05, 0) is 71.5 Å². The first kappa shape index (κ1) is 25.6. The molecule has 0 saturated heterocycles. The second-order valence-corrected chi connectivity index (χ2v) is 10.1. The van der Waals surface area contributed by atoms with Crippen LogP contribution in [0.4, 0.5) is 5.69 Å². The first-order valence-corrected chi connectivity index (χ1v) is 13.3.